The van der Waals surface area contributed by atoms with Crippen molar-refractivity contribution in [3.63, 3.8) is 0 Å². The van der Waals surface area contributed by atoms with E-state index in [4.69, 9.17) is 4.74 Å². The van der Waals surface area contributed by atoms with Crippen molar-refractivity contribution in [1.82, 2.24) is 5.32 Å². The number of esters is 1. The Morgan fingerprint density at radius 3 is 1.12 bits per heavy atom. The molecule has 0 saturated heterocycles. The second-order valence-corrected chi connectivity index (χ2v) is 20.7. The fourth-order valence-electron chi connectivity index (χ4n) is 9.25. The van der Waals surface area contributed by atoms with E-state index in [1.165, 1.54) is 250 Å². The number of hydrogen-bond acceptors (Lipinski definition) is 5. The highest BCUT2D eigenvalue weighted by Gasteiger charge is 2.18. The van der Waals surface area contributed by atoms with Crippen LogP contribution in [0, 0.1) is 0 Å². The average molecular weight is 957 g/mol. The number of hydrogen-bond donors (Lipinski definition) is 3. The molecule has 0 aliphatic heterocycles. The number of amides is 1. The molecule has 0 spiro atoms. The van der Waals surface area contributed by atoms with Gasteiger partial charge in [-0.2, -0.15) is 0 Å². The van der Waals surface area contributed by atoms with Crippen LogP contribution in [0.15, 0.2) is 36.5 Å². The normalized spacial score (nSPS) is 12.8. The van der Waals surface area contributed by atoms with Gasteiger partial charge in [0.25, 0.3) is 0 Å². The van der Waals surface area contributed by atoms with Crippen molar-refractivity contribution in [3.8, 4) is 0 Å². The van der Waals surface area contributed by atoms with E-state index < -0.39 is 12.1 Å². The molecule has 0 aromatic rings. The Hall–Kier alpha value is -1.92. The van der Waals surface area contributed by atoms with Gasteiger partial charge in [0.1, 0.15) is 0 Å². The summed E-state index contributed by atoms with van der Waals surface area (Å²) >= 11 is 0. The minimum absolute atomic E-state index is 0.0116. The highest BCUT2D eigenvalue weighted by molar-refractivity contribution is 5.76. The number of carbonyl (C=O) groups excluding carboxylic acids is 2. The van der Waals surface area contributed by atoms with Gasteiger partial charge in [-0.3, -0.25) is 9.59 Å². The van der Waals surface area contributed by atoms with E-state index in [0.29, 0.717) is 19.4 Å². The van der Waals surface area contributed by atoms with Crippen LogP contribution in [0.4, 0.5) is 0 Å². The van der Waals surface area contributed by atoms with Gasteiger partial charge in [0.15, 0.2) is 0 Å². The smallest absolute Gasteiger partial charge is 0.305 e. The van der Waals surface area contributed by atoms with Crippen molar-refractivity contribution in [1.29, 1.82) is 0 Å². The van der Waals surface area contributed by atoms with Gasteiger partial charge in [0, 0.05) is 12.8 Å². The molecule has 0 heterocycles. The number of unbranched alkanes of at least 4 members (excludes halogenated alkanes) is 41. The molecule has 0 aliphatic carbocycles. The van der Waals surface area contributed by atoms with Crippen LogP contribution in [0.2, 0.25) is 0 Å². The van der Waals surface area contributed by atoms with Crippen molar-refractivity contribution in [2.24, 2.45) is 0 Å². The molecule has 3 N–H and O–H groups in total. The maximum atomic E-state index is 12.4. The van der Waals surface area contributed by atoms with E-state index in [9.17, 15) is 19.8 Å². The fraction of sp³-hybridized carbons (Fsp3) is 0.871. The molecule has 0 aliphatic rings. The summed E-state index contributed by atoms with van der Waals surface area (Å²) in [4.78, 5) is 24.4. The van der Waals surface area contributed by atoms with E-state index in [0.717, 1.165) is 44.9 Å². The van der Waals surface area contributed by atoms with Crippen LogP contribution in [0.5, 0.6) is 0 Å². The second-order valence-electron chi connectivity index (χ2n) is 20.7. The van der Waals surface area contributed by atoms with E-state index in [2.05, 4.69) is 43.5 Å². The Bertz CT molecular complexity index is 1100. The SMILES string of the molecule is CCCCCCCCCCC/C=C/C(O)C(CO)NC(=O)CCCCCCCCCCCCC/C=C\C/C=C\CCCCCCCCCCCOC(=O)CCCCCCCCCCCCCCC. The Labute approximate surface area is 424 Å². The minimum atomic E-state index is -0.845. The van der Waals surface area contributed by atoms with Gasteiger partial charge in [-0.15, -0.1) is 0 Å². The molecule has 0 rings (SSSR count). The molecule has 0 aromatic carbocycles. The molecule has 2 unspecified atom stereocenters. The van der Waals surface area contributed by atoms with E-state index in [-0.39, 0.29) is 18.5 Å². The van der Waals surface area contributed by atoms with Crippen LogP contribution in [0.25, 0.3) is 0 Å². The average Bonchev–Trinajstić information content (AvgIpc) is 3.34. The van der Waals surface area contributed by atoms with Crippen LogP contribution in [-0.2, 0) is 14.3 Å². The second kappa shape index (κ2) is 57.7. The third-order valence-electron chi connectivity index (χ3n) is 13.9. The first-order valence-electron chi connectivity index (χ1n) is 30.3. The van der Waals surface area contributed by atoms with Crippen LogP contribution in [0.1, 0.15) is 322 Å². The van der Waals surface area contributed by atoms with E-state index in [1.54, 1.807) is 6.08 Å². The van der Waals surface area contributed by atoms with Gasteiger partial charge >= 0.3 is 5.97 Å². The molecule has 0 saturated carbocycles. The topological polar surface area (TPSA) is 95.9 Å². The summed E-state index contributed by atoms with van der Waals surface area (Å²) in [6.45, 7) is 4.89. The standard InChI is InChI=1S/C62H117NO5/c1-3-5-7-9-11-13-15-31-36-40-44-48-52-56-62(67)68-57-53-49-45-41-37-33-30-28-26-24-22-20-18-16-17-19-21-23-25-27-29-32-35-39-43-47-51-55-61(66)63-59(58-64)60(65)54-50-46-42-38-34-14-12-10-8-6-4-2/h16-17,20,22,50,54,59-60,64-65H,3-15,18-19,21,23-49,51-53,55-58H2,1-2H3,(H,63,66)/b17-16-,22-20-,54-50+. The molecule has 6 nitrogen and oxygen atoms in total. The summed E-state index contributed by atoms with van der Waals surface area (Å²) in [7, 11) is 0. The van der Waals surface area contributed by atoms with Crippen molar-refractivity contribution >= 4 is 11.9 Å². The molecular formula is C62H117NO5. The predicted octanol–water partition coefficient (Wildman–Crippen LogP) is 18.8. The minimum Gasteiger partial charge on any atom is -0.466 e. The van der Waals surface area contributed by atoms with Crippen LogP contribution >= 0.6 is 0 Å². The summed E-state index contributed by atoms with van der Waals surface area (Å²) in [6.07, 6.45) is 71.9. The molecule has 0 fully saturated rings. The number of aliphatic hydroxyl groups is 2. The Kier molecular flexibility index (Phi) is 56.0. The molecule has 2 atom stereocenters. The third-order valence-corrected chi connectivity index (χ3v) is 13.9. The van der Waals surface area contributed by atoms with Gasteiger partial charge < -0.3 is 20.3 Å². The Balaban J connectivity index is 3.42. The van der Waals surface area contributed by atoms with Gasteiger partial charge in [0.05, 0.1) is 25.4 Å². The monoisotopic (exact) mass is 956 g/mol. The maximum Gasteiger partial charge on any atom is 0.305 e. The first-order chi connectivity index (χ1) is 33.5. The van der Waals surface area contributed by atoms with Crippen molar-refractivity contribution in [3.05, 3.63) is 36.5 Å². The highest BCUT2D eigenvalue weighted by atomic mass is 16.5. The zero-order chi connectivity index (χ0) is 49.3. The molecule has 400 valence electrons. The quantitative estimate of drug-likeness (QED) is 0.0321. The summed E-state index contributed by atoms with van der Waals surface area (Å²) in [5.41, 5.74) is 0. The van der Waals surface area contributed by atoms with Crippen molar-refractivity contribution in [2.75, 3.05) is 13.2 Å². The fourth-order valence-corrected chi connectivity index (χ4v) is 9.25. The van der Waals surface area contributed by atoms with Crippen LogP contribution in [0.3, 0.4) is 0 Å². The number of nitrogens with one attached hydrogen (secondary N) is 1. The molecule has 6 heteroatoms. The zero-order valence-corrected chi connectivity index (χ0v) is 45.6. The third kappa shape index (κ3) is 53.4. The molecule has 0 aromatic heterocycles. The highest BCUT2D eigenvalue weighted by Crippen LogP contribution is 2.17. The first kappa shape index (κ1) is 66.1. The lowest BCUT2D eigenvalue weighted by Gasteiger charge is -2.20. The summed E-state index contributed by atoms with van der Waals surface area (Å²) < 4.78 is 5.47. The van der Waals surface area contributed by atoms with Crippen LogP contribution in [-0.4, -0.2) is 47.4 Å². The van der Waals surface area contributed by atoms with Crippen molar-refractivity contribution in [2.45, 2.75) is 334 Å². The number of ether oxygens (including phenoxy) is 1. The predicted molar refractivity (Wildman–Crippen MR) is 296 cm³/mol. The molecule has 0 radical (unpaired) electrons. The number of rotatable bonds is 56. The molecular weight excluding hydrogens is 839 g/mol. The van der Waals surface area contributed by atoms with Gasteiger partial charge in [-0.05, 0) is 64.2 Å². The zero-order valence-electron chi connectivity index (χ0n) is 45.6. The van der Waals surface area contributed by atoms with Gasteiger partial charge in [-0.1, -0.05) is 281 Å². The summed E-state index contributed by atoms with van der Waals surface area (Å²) in [5, 5.41) is 23.0. The number of aliphatic hydroxyl groups excluding tert-OH is 2. The molecule has 1 amide bonds. The van der Waals surface area contributed by atoms with Gasteiger partial charge in [0.2, 0.25) is 5.91 Å². The Morgan fingerprint density at radius 2 is 0.735 bits per heavy atom. The van der Waals surface area contributed by atoms with Gasteiger partial charge in [-0.25, -0.2) is 0 Å². The lowest BCUT2D eigenvalue weighted by atomic mass is 10.0. The number of carbonyl (C=O) groups is 2. The Morgan fingerprint density at radius 1 is 0.412 bits per heavy atom. The van der Waals surface area contributed by atoms with Crippen molar-refractivity contribution < 1.29 is 24.5 Å². The lowest BCUT2D eigenvalue weighted by Crippen LogP contribution is -2.45. The maximum absolute atomic E-state index is 12.4. The van der Waals surface area contributed by atoms with E-state index >= 15 is 0 Å². The van der Waals surface area contributed by atoms with E-state index in [1.807, 2.05) is 6.08 Å². The number of allylic oxidation sites excluding steroid dienone is 5. The van der Waals surface area contributed by atoms with Crippen LogP contribution < -0.4 is 5.32 Å². The lowest BCUT2D eigenvalue weighted by molar-refractivity contribution is -0.143. The largest absolute Gasteiger partial charge is 0.466 e. The molecule has 0 bridgehead atoms. The summed E-state index contributed by atoms with van der Waals surface area (Å²) in [5.74, 6) is -0.0606. The summed E-state index contributed by atoms with van der Waals surface area (Å²) in [6, 6.07) is -0.629. The molecule has 68 heavy (non-hydrogen) atoms. The first-order valence-corrected chi connectivity index (χ1v) is 30.3.